The van der Waals surface area contributed by atoms with E-state index in [4.69, 9.17) is 0 Å². The molecule has 0 radical (unpaired) electrons. The first-order chi connectivity index (χ1) is 13.1. The molecule has 0 aliphatic rings. The molecule has 6 nitrogen and oxygen atoms in total. The van der Waals surface area contributed by atoms with Crippen molar-refractivity contribution in [3.8, 4) is 0 Å². The molecule has 2 aromatic rings. The number of thiophene rings is 2. The second-order valence-corrected chi connectivity index (χ2v) is 7.98. The lowest BCUT2D eigenvalue weighted by Crippen LogP contribution is -2.18. The molecule has 0 atom stereocenters. The molecule has 2 rings (SSSR count). The van der Waals surface area contributed by atoms with Crippen molar-refractivity contribution in [2.45, 2.75) is 46.0 Å². The van der Waals surface area contributed by atoms with Crippen LogP contribution in [-0.4, -0.2) is 24.2 Å². The average molecular weight is 405 g/mol. The zero-order chi connectivity index (χ0) is 19.5. The molecule has 0 spiro atoms. The Morgan fingerprint density at radius 1 is 0.852 bits per heavy atom. The molecule has 0 bridgehead atoms. The van der Waals surface area contributed by atoms with E-state index in [1.54, 1.807) is 35.1 Å². The van der Waals surface area contributed by atoms with E-state index in [0.717, 1.165) is 40.1 Å². The molecule has 2 aromatic heterocycles. The highest BCUT2D eigenvalue weighted by Gasteiger charge is 2.03. The molecular weight excluding hydrogens is 380 g/mol. The van der Waals surface area contributed by atoms with E-state index in [0.29, 0.717) is 12.8 Å². The number of nitrogens with one attached hydrogen (secondary N) is 2. The minimum absolute atomic E-state index is 0.110. The number of hydrogen-bond acceptors (Lipinski definition) is 6. The Balaban J connectivity index is 1.52. The molecule has 0 aliphatic heterocycles. The molecule has 27 heavy (non-hydrogen) atoms. The predicted molar refractivity (Wildman–Crippen MR) is 113 cm³/mol. The van der Waals surface area contributed by atoms with Gasteiger partial charge in [0.15, 0.2) is 0 Å². The van der Waals surface area contributed by atoms with Gasteiger partial charge in [-0.05, 0) is 60.7 Å². The SMILES string of the molecule is Cc1ccsc1/C=N/NC(=O)CCCCCC(=O)N/N=C/c1sccc1C. The van der Waals surface area contributed by atoms with Crippen molar-refractivity contribution in [1.82, 2.24) is 10.9 Å². The summed E-state index contributed by atoms with van der Waals surface area (Å²) in [4.78, 5) is 25.5. The number of carbonyl (C=O) groups excluding carboxylic acids is 2. The first-order valence-corrected chi connectivity index (χ1v) is 10.5. The quantitative estimate of drug-likeness (QED) is 0.357. The number of amides is 2. The van der Waals surface area contributed by atoms with Crippen LogP contribution in [0.1, 0.15) is 53.0 Å². The van der Waals surface area contributed by atoms with Crippen molar-refractivity contribution in [1.29, 1.82) is 0 Å². The summed E-state index contributed by atoms with van der Waals surface area (Å²) in [5.41, 5.74) is 7.36. The van der Waals surface area contributed by atoms with Gasteiger partial charge in [-0.25, -0.2) is 10.9 Å². The van der Waals surface area contributed by atoms with Crippen LogP contribution in [0.5, 0.6) is 0 Å². The van der Waals surface area contributed by atoms with E-state index in [9.17, 15) is 9.59 Å². The standard InChI is InChI=1S/C19H24N4O2S2/c1-14-8-10-26-16(14)12-20-22-18(24)6-4-3-5-7-19(25)23-21-13-17-15(2)9-11-27-17/h8-13H,3-7H2,1-2H3,(H,22,24)(H,23,25)/b20-12+,21-13+. The van der Waals surface area contributed by atoms with Gasteiger partial charge in [-0.2, -0.15) is 10.2 Å². The number of hydrogen-bond donors (Lipinski definition) is 2. The van der Waals surface area contributed by atoms with E-state index >= 15 is 0 Å². The van der Waals surface area contributed by atoms with Crippen LogP contribution < -0.4 is 10.9 Å². The van der Waals surface area contributed by atoms with Gasteiger partial charge in [0.25, 0.3) is 0 Å². The Morgan fingerprint density at radius 2 is 1.30 bits per heavy atom. The van der Waals surface area contributed by atoms with Crippen molar-refractivity contribution in [3.63, 3.8) is 0 Å². The van der Waals surface area contributed by atoms with Crippen molar-refractivity contribution in [2.24, 2.45) is 10.2 Å². The molecule has 8 heteroatoms. The summed E-state index contributed by atoms with van der Waals surface area (Å²) in [5.74, 6) is -0.221. The maximum absolute atomic E-state index is 11.7. The molecule has 2 amide bonds. The van der Waals surface area contributed by atoms with Gasteiger partial charge >= 0.3 is 0 Å². The number of rotatable bonds is 10. The van der Waals surface area contributed by atoms with Crippen LogP contribution in [0.25, 0.3) is 0 Å². The molecule has 0 aliphatic carbocycles. The van der Waals surface area contributed by atoms with Gasteiger partial charge in [0, 0.05) is 22.6 Å². The Hall–Kier alpha value is -2.32. The summed E-state index contributed by atoms with van der Waals surface area (Å²) in [5, 5.41) is 11.9. The number of aryl methyl sites for hydroxylation is 2. The Kier molecular flexibility index (Phi) is 8.86. The van der Waals surface area contributed by atoms with Crippen LogP contribution in [0, 0.1) is 13.8 Å². The van der Waals surface area contributed by atoms with Crippen LogP contribution in [0.15, 0.2) is 33.1 Å². The van der Waals surface area contributed by atoms with Crippen LogP contribution in [0.4, 0.5) is 0 Å². The third-order valence-corrected chi connectivity index (χ3v) is 5.76. The highest BCUT2D eigenvalue weighted by atomic mass is 32.1. The molecule has 0 aromatic carbocycles. The lowest BCUT2D eigenvalue weighted by atomic mass is 10.1. The second kappa shape index (κ2) is 11.4. The van der Waals surface area contributed by atoms with E-state index in [-0.39, 0.29) is 11.8 Å². The van der Waals surface area contributed by atoms with E-state index in [1.807, 2.05) is 36.7 Å². The summed E-state index contributed by atoms with van der Waals surface area (Å²) in [6.07, 6.45) is 6.40. The summed E-state index contributed by atoms with van der Waals surface area (Å²) < 4.78 is 0. The Morgan fingerprint density at radius 3 is 1.67 bits per heavy atom. The molecule has 0 saturated heterocycles. The number of unbranched alkanes of at least 4 members (excludes halogenated alkanes) is 2. The molecule has 2 heterocycles. The van der Waals surface area contributed by atoms with Crippen molar-refractivity contribution in [3.05, 3.63) is 43.8 Å². The summed E-state index contributed by atoms with van der Waals surface area (Å²) in [6, 6.07) is 4.02. The van der Waals surface area contributed by atoms with Crippen molar-refractivity contribution >= 4 is 46.9 Å². The maximum Gasteiger partial charge on any atom is 0.240 e. The largest absolute Gasteiger partial charge is 0.273 e. The van der Waals surface area contributed by atoms with Gasteiger partial charge < -0.3 is 0 Å². The molecule has 2 N–H and O–H groups in total. The van der Waals surface area contributed by atoms with Crippen LogP contribution in [0.3, 0.4) is 0 Å². The smallest absolute Gasteiger partial charge is 0.240 e. The summed E-state index contributed by atoms with van der Waals surface area (Å²) in [7, 11) is 0. The van der Waals surface area contributed by atoms with Gasteiger partial charge in [-0.1, -0.05) is 6.42 Å². The van der Waals surface area contributed by atoms with Gasteiger partial charge in [-0.15, -0.1) is 22.7 Å². The minimum atomic E-state index is -0.110. The average Bonchev–Trinajstić information content (AvgIpc) is 3.23. The lowest BCUT2D eigenvalue weighted by molar-refractivity contribution is -0.121. The first kappa shape index (κ1) is 21.0. The van der Waals surface area contributed by atoms with Crippen LogP contribution in [0.2, 0.25) is 0 Å². The molecule has 144 valence electrons. The minimum Gasteiger partial charge on any atom is -0.273 e. The Labute approximate surface area is 167 Å². The van der Waals surface area contributed by atoms with Crippen molar-refractivity contribution < 1.29 is 9.59 Å². The fourth-order valence-corrected chi connectivity index (χ4v) is 3.79. The predicted octanol–water partition coefficient (Wildman–Crippen LogP) is 3.98. The van der Waals surface area contributed by atoms with E-state index in [1.165, 1.54) is 0 Å². The number of nitrogens with zero attached hydrogens (tertiary/aromatic N) is 2. The third-order valence-electron chi connectivity index (χ3n) is 3.85. The van der Waals surface area contributed by atoms with Gasteiger partial charge in [-0.3, -0.25) is 9.59 Å². The highest BCUT2D eigenvalue weighted by Crippen LogP contribution is 2.13. The first-order valence-electron chi connectivity index (χ1n) is 8.78. The van der Waals surface area contributed by atoms with Gasteiger partial charge in [0.1, 0.15) is 0 Å². The monoisotopic (exact) mass is 404 g/mol. The van der Waals surface area contributed by atoms with Crippen LogP contribution in [-0.2, 0) is 9.59 Å². The highest BCUT2D eigenvalue weighted by molar-refractivity contribution is 7.12. The summed E-state index contributed by atoms with van der Waals surface area (Å²) in [6.45, 7) is 4.01. The molecule has 0 saturated carbocycles. The lowest BCUT2D eigenvalue weighted by Gasteiger charge is -2.01. The zero-order valence-electron chi connectivity index (χ0n) is 15.5. The van der Waals surface area contributed by atoms with E-state index < -0.39 is 0 Å². The van der Waals surface area contributed by atoms with Gasteiger partial charge in [0.2, 0.25) is 11.8 Å². The summed E-state index contributed by atoms with van der Waals surface area (Å²) >= 11 is 3.17. The van der Waals surface area contributed by atoms with Crippen LogP contribution >= 0.6 is 22.7 Å². The topological polar surface area (TPSA) is 82.9 Å². The second-order valence-electron chi connectivity index (χ2n) is 6.08. The Bertz CT molecular complexity index is 742. The number of carbonyl (C=O) groups is 2. The van der Waals surface area contributed by atoms with Gasteiger partial charge in [0.05, 0.1) is 12.4 Å². The van der Waals surface area contributed by atoms with E-state index in [2.05, 4.69) is 21.1 Å². The zero-order valence-corrected chi connectivity index (χ0v) is 17.2. The maximum atomic E-state index is 11.7. The third kappa shape index (κ3) is 7.84. The molecule has 0 fully saturated rings. The molecule has 0 unspecified atom stereocenters. The fourth-order valence-electron chi connectivity index (χ4n) is 2.22. The van der Waals surface area contributed by atoms with Crippen molar-refractivity contribution in [2.75, 3.05) is 0 Å². The fraction of sp³-hybridized carbons (Fsp3) is 0.368. The number of hydrazone groups is 2. The molecular formula is C19H24N4O2S2. The normalized spacial score (nSPS) is 11.3.